The summed E-state index contributed by atoms with van der Waals surface area (Å²) in [5, 5.41) is 0.617. The van der Waals surface area contributed by atoms with Crippen LogP contribution in [-0.4, -0.2) is 58.1 Å². The van der Waals surface area contributed by atoms with Crippen LogP contribution < -0.4 is 9.62 Å². The number of halogens is 1. The van der Waals surface area contributed by atoms with Crippen LogP contribution in [0.3, 0.4) is 0 Å². The minimum absolute atomic E-state index is 0.0157. The zero-order valence-electron chi connectivity index (χ0n) is 18.3. The van der Waals surface area contributed by atoms with Crippen molar-refractivity contribution in [3.05, 3.63) is 58.6 Å². The molecule has 2 aliphatic rings. The van der Waals surface area contributed by atoms with Crippen LogP contribution in [-0.2, 0) is 26.0 Å². The van der Waals surface area contributed by atoms with Crippen molar-refractivity contribution >= 4 is 33.2 Å². The minimum atomic E-state index is -3.73. The second-order valence-corrected chi connectivity index (χ2v) is 10.5. The Bertz CT molecular complexity index is 1100. The lowest BCUT2D eigenvalue weighted by Crippen LogP contribution is -2.43. The molecule has 1 saturated heterocycles. The van der Waals surface area contributed by atoms with Gasteiger partial charge < -0.3 is 9.64 Å². The highest BCUT2D eigenvalue weighted by Crippen LogP contribution is 2.34. The first-order valence-electron chi connectivity index (χ1n) is 10.8. The van der Waals surface area contributed by atoms with Crippen molar-refractivity contribution in [2.24, 2.45) is 0 Å². The predicted octanol–water partition coefficient (Wildman–Crippen LogP) is 2.99. The Hall–Kier alpha value is -1.97. The molecule has 0 aromatic heterocycles. The molecule has 4 rings (SSSR count). The van der Waals surface area contributed by atoms with E-state index in [1.807, 2.05) is 31.2 Å². The van der Waals surface area contributed by atoms with E-state index in [9.17, 15) is 13.2 Å². The topological polar surface area (TPSA) is 79.0 Å². The molecule has 1 amide bonds. The fraction of sp³-hybridized carbons (Fsp3) is 0.435. The quantitative estimate of drug-likeness (QED) is 0.692. The summed E-state index contributed by atoms with van der Waals surface area (Å²) in [7, 11) is -3.73. The lowest BCUT2D eigenvalue weighted by Gasteiger charge is -2.35. The van der Waals surface area contributed by atoms with Crippen molar-refractivity contribution < 1.29 is 17.9 Å². The maximum absolute atomic E-state index is 13.2. The van der Waals surface area contributed by atoms with E-state index >= 15 is 0 Å². The molecule has 1 fully saturated rings. The molecule has 1 N–H and O–H groups in total. The molecule has 2 unspecified atom stereocenters. The van der Waals surface area contributed by atoms with Crippen molar-refractivity contribution in [2.75, 3.05) is 37.7 Å². The van der Waals surface area contributed by atoms with E-state index in [-0.39, 0.29) is 29.4 Å². The maximum atomic E-state index is 13.2. The van der Waals surface area contributed by atoms with Crippen molar-refractivity contribution in [1.29, 1.82) is 0 Å². The number of hydrogen-bond acceptors (Lipinski definition) is 5. The molecular formula is C23H28ClN3O4S. The highest BCUT2D eigenvalue weighted by molar-refractivity contribution is 7.89. The third-order valence-electron chi connectivity index (χ3n) is 6.10. The van der Waals surface area contributed by atoms with Gasteiger partial charge in [0.05, 0.1) is 18.1 Å². The molecule has 0 spiro atoms. The Balaban J connectivity index is 1.55. The van der Waals surface area contributed by atoms with Crippen LogP contribution in [0.5, 0.6) is 0 Å². The second-order valence-electron chi connectivity index (χ2n) is 8.30. The van der Waals surface area contributed by atoms with Crippen LogP contribution in [0.25, 0.3) is 0 Å². The average Bonchev–Trinajstić information content (AvgIpc) is 3.10. The van der Waals surface area contributed by atoms with E-state index in [0.717, 1.165) is 29.9 Å². The van der Waals surface area contributed by atoms with Crippen molar-refractivity contribution in [3.8, 4) is 0 Å². The van der Waals surface area contributed by atoms with Gasteiger partial charge in [-0.05, 0) is 54.8 Å². The van der Waals surface area contributed by atoms with E-state index in [4.69, 9.17) is 16.3 Å². The number of benzene rings is 2. The Morgan fingerprint density at radius 3 is 2.66 bits per heavy atom. The standard InChI is InChI=1S/C23H28ClN3O4S/c1-16-12-19-14-21(6-7-22(19)27(16)17(2)28)32(29,30)25-15-23(26-8-10-31-11-9-26)18-4-3-5-20(24)13-18/h3-7,13-14,16,23,25H,8-12,15H2,1-2H3. The SMILES string of the molecule is CC(=O)N1c2ccc(S(=O)(=O)NCC(c3cccc(Cl)c3)N3CCOCC3)cc2CC1C. The molecule has 0 saturated carbocycles. The fourth-order valence-corrected chi connectivity index (χ4v) is 5.87. The molecule has 0 aliphatic carbocycles. The zero-order valence-corrected chi connectivity index (χ0v) is 19.8. The molecule has 9 heteroatoms. The van der Waals surface area contributed by atoms with E-state index in [0.29, 0.717) is 24.7 Å². The summed E-state index contributed by atoms with van der Waals surface area (Å²) >= 11 is 6.20. The third-order valence-corrected chi connectivity index (χ3v) is 7.76. The lowest BCUT2D eigenvalue weighted by atomic mass is 10.1. The van der Waals surface area contributed by atoms with Crippen LogP contribution in [0.15, 0.2) is 47.4 Å². The summed E-state index contributed by atoms with van der Waals surface area (Å²) in [5.41, 5.74) is 2.62. The molecule has 2 aromatic carbocycles. The van der Waals surface area contributed by atoms with E-state index in [2.05, 4.69) is 9.62 Å². The second kappa shape index (κ2) is 9.49. The Morgan fingerprint density at radius 2 is 1.97 bits per heavy atom. The van der Waals surface area contributed by atoms with Gasteiger partial charge in [0, 0.05) is 49.4 Å². The highest BCUT2D eigenvalue weighted by atomic mass is 35.5. The first kappa shape index (κ1) is 23.2. The third kappa shape index (κ3) is 4.84. The summed E-state index contributed by atoms with van der Waals surface area (Å²) in [6.07, 6.45) is 0.636. The van der Waals surface area contributed by atoms with E-state index < -0.39 is 10.0 Å². The first-order valence-corrected chi connectivity index (χ1v) is 12.6. The highest BCUT2D eigenvalue weighted by Gasteiger charge is 2.31. The molecule has 2 aliphatic heterocycles. The Labute approximate surface area is 194 Å². The number of nitrogens with zero attached hydrogens (tertiary/aromatic N) is 2. The summed E-state index contributed by atoms with van der Waals surface area (Å²) in [4.78, 5) is 16.1. The molecule has 7 nitrogen and oxygen atoms in total. The van der Waals surface area contributed by atoms with Gasteiger partial charge in [0.25, 0.3) is 0 Å². The average molecular weight is 478 g/mol. The predicted molar refractivity (Wildman–Crippen MR) is 125 cm³/mol. The molecule has 2 aromatic rings. The number of carbonyl (C=O) groups is 1. The molecular weight excluding hydrogens is 450 g/mol. The summed E-state index contributed by atoms with van der Waals surface area (Å²) in [6.45, 7) is 6.37. The van der Waals surface area contributed by atoms with Crippen LogP contribution in [0.1, 0.15) is 31.0 Å². The van der Waals surface area contributed by atoms with Crippen molar-refractivity contribution in [3.63, 3.8) is 0 Å². The number of sulfonamides is 1. The normalized spacial score (nSPS) is 20.2. The summed E-state index contributed by atoms with van der Waals surface area (Å²) in [5.74, 6) is -0.0418. The smallest absolute Gasteiger partial charge is 0.240 e. The number of fused-ring (bicyclic) bond motifs is 1. The van der Waals surface area contributed by atoms with Gasteiger partial charge in [0.15, 0.2) is 0 Å². The number of hydrogen-bond donors (Lipinski definition) is 1. The fourth-order valence-electron chi connectivity index (χ4n) is 4.59. The molecule has 0 bridgehead atoms. The monoisotopic (exact) mass is 477 g/mol. The van der Waals surface area contributed by atoms with Crippen LogP contribution in [0.2, 0.25) is 5.02 Å². The number of ether oxygens (including phenoxy) is 1. The zero-order chi connectivity index (χ0) is 22.9. The van der Waals surface area contributed by atoms with Gasteiger partial charge in [0.1, 0.15) is 0 Å². The number of anilines is 1. The lowest BCUT2D eigenvalue weighted by molar-refractivity contribution is -0.116. The van der Waals surface area contributed by atoms with Gasteiger partial charge in [-0.3, -0.25) is 9.69 Å². The summed E-state index contributed by atoms with van der Waals surface area (Å²) < 4.78 is 34.6. The Morgan fingerprint density at radius 1 is 1.22 bits per heavy atom. The van der Waals surface area contributed by atoms with Gasteiger partial charge in [-0.1, -0.05) is 23.7 Å². The van der Waals surface area contributed by atoms with Gasteiger partial charge >= 0.3 is 0 Å². The van der Waals surface area contributed by atoms with Crippen LogP contribution >= 0.6 is 11.6 Å². The van der Waals surface area contributed by atoms with Crippen LogP contribution in [0.4, 0.5) is 5.69 Å². The van der Waals surface area contributed by atoms with Crippen molar-refractivity contribution in [1.82, 2.24) is 9.62 Å². The van der Waals surface area contributed by atoms with E-state index in [1.165, 1.54) is 6.92 Å². The number of carbonyl (C=O) groups excluding carboxylic acids is 1. The largest absolute Gasteiger partial charge is 0.379 e. The number of rotatable bonds is 6. The number of amides is 1. The van der Waals surface area contributed by atoms with Crippen molar-refractivity contribution in [2.45, 2.75) is 37.2 Å². The minimum Gasteiger partial charge on any atom is -0.379 e. The van der Waals surface area contributed by atoms with Gasteiger partial charge in [-0.15, -0.1) is 0 Å². The number of nitrogens with one attached hydrogen (secondary N) is 1. The Kier molecular flexibility index (Phi) is 6.88. The van der Waals surface area contributed by atoms with Gasteiger partial charge in [0.2, 0.25) is 15.9 Å². The van der Waals surface area contributed by atoms with Gasteiger partial charge in [-0.2, -0.15) is 0 Å². The molecule has 0 radical (unpaired) electrons. The molecule has 172 valence electrons. The first-order chi connectivity index (χ1) is 15.3. The van der Waals surface area contributed by atoms with Crippen LogP contribution in [0, 0.1) is 0 Å². The maximum Gasteiger partial charge on any atom is 0.240 e. The summed E-state index contributed by atoms with van der Waals surface area (Å²) in [6, 6.07) is 12.4. The van der Waals surface area contributed by atoms with Gasteiger partial charge in [-0.25, -0.2) is 13.1 Å². The molecule has 2 atom stereocenters. The van der Waals surface area contributed by atoms with E-state index in [1.54, 1.807) is 23.1 Å². The number of morpholine rings is 1. The molecule has 32 heavy (non-hydrogen) atoms. The molecule has 2 heterocycles.